The summed E-state index contributed by atoms with van der Waals surface area (Å²) in [5.74, 6) is 1.75. The molecule has 0 aromatic rings. The van der Waals surface area contributed by atoms with Gasteiger partial charge in [-0.3, -0.25) is 0 Å². The van der Waals surface area contributed by atoms with Crippen LogP contribution in [0.25, 0.3) is 0 Å². The Morgan fingerprint density at radius 2 is 1.72 bits per heavy atom. The van der Waals surface area contributed by atoms with E-state index in [1.807, 2.05) is 0 Å². The van der Waals surface area contributed by atoms with Crippen molar-refractivity contribution in [1.82, 2.24) is 5.32 Å². The van der Waals surface area contributed by atoms with Gasteiger partial charge >= 0.3 is 0 Å². The van der Waals surface area contributed by atoms with Gasteiger partial charge in [0.1, 0.15) is 0 Å². The summed E-state index contributed by atoms with van der Waals surface area (Å²) in [5.41, 5.74) is 0.0851. The third-order valence-corrected chi connectivity index (χ3v) is 5.29. The number of nitrogens with one attached hydrogen (secondary N) is 1. The predicted octanol–water partition coefficient (Wildman–Crippen LogP) is 2.35. The van der Waals surface area contributed by atoms with Crippen molar-refractivity contribution in [3.05, 3.63) is 0 Å². The monoisotopic (exact) mass is 253 g/mol. The van der Waals surface area contributed by atoms with Crippen LogP contribution in [0.2, 0.25) is 0 Å². The number of morpholine rings is 1. The first-order valence-corrected chi connectivity index (χ1v) is 7.75. The second-order valence-corrected chi connectivity index (χ2v) is 6.48. The summed E-state index contributed by atoms with van der Waals surface area (Å²) in [6, 6.07) is 0.572. The van der Waals surface area contributed by atoms with Gasteiger partial charge in [0.2, 0.25) is 0 Å². The van der Waals surface area contributed by atoms with Gasteiger partial charge in [-0.15, -0.1) is 0 Å². The van der Waals surface area contributed by atoms with Crippen LogP contribution >= 0.6 is 0 Å². The summed E-state index contributed by atoms with van der Waals surface area (Å²) in [5, 5.41) is 3.78. The molecular formula is C15H27NO2. The van der Waals surface area contributed by atoms with Crippen molar-refractivity contribution in [3.63, 3.8) is 0 Å². The lowest BCUT2D eigenvalue weighted by atomic mass is 9.71. The highest BCUT2D eigenvalue weighted by Gasteiger charge is 2.46. The number of rotatable bonds is 1. The molecule has 3 heteroatoms. The van der Waals surface area contributed by atoms with Crippen LogP contribution in [0.4, 0.5) is 0 Å². The highest BCUT2D eigenvalue weighted by atomic mass is 16.5. The second kappa shape index (κ2) is 5.48. The molecule has 0 amide bonds. The quantitative estimate of drug-likeness (QED) is 0.778. The van der Waals surface area contributed by atoms with Crippen LogP contribution in [0.15, 0.2) is 0 Å². The molecule has 1 saturated carbocycles. The first kappa shape index (κ1) is 12.9. The number of hydrogen-bond donors (Lipinski definition) is 1. The van der Waals surface area contributed by atoms with Gasteiger partial charge in [-0.25, -0.2) is 0 Å². The van der Waals surface area contributed by atoms with Gasteiger partial charge in [-0.2, -0.15) is 0 Å². The van der Waals surface area contributed by atoms with Crippen LogP contribution in [0.3, 0.4) is 0 Å². The van der Waals surface area contributed by atoms with Crippen molar-refractivity contribution in [2.45, 2.75) is 57.1 Å². The first-order valence-electron chi connectivity index (χ1n) is 7.75. The molecule has 2 saturated heterocycles. The summed E-state index contributed by atoms with van der Waals surface area (Å²) in [4.78, 5) is 0. The molecule has 1 N–H and O–H groups in total. The van der Waals surface area contributed by atoms with E-state index < -0.39 is 0 Å². The van der Waals surface area contributed by atoms with Gasteiger partial charge in [0.25, 0.3) is 0 Å². The van der Waals surface area contributed by atoms with E-state index in [-0.39, 0.29) is 5.60 Å². The Hall–Kier alpha value is -0.120. The van der Waals surface area contributed by atoms with Crippen molar-refractivity contribution in [1.29, 1.82) is 0 Å². The van der Waals surface area contributed by atoms with Crippen LogP contribution in [-0.2, 0) is 9.47 Å². The van der Waals surface area contributed by atoms with Gasteiger partial charge in [-0.05, 0) is 24.7 Å². The molecule has 0 aromatic carbocycles. The van der Waals surface area contributed by atoms with Crippen molar-refractivity contribution < 1.29 is 9.47 Å². The van der Waals surface area contributed by atoms with Crippen molar-refractivity contribution >= 4 is 0 Å². The Bertz CT molecular complexity index is 259. The van der Waals surface area contributed by atoms with Gasteiger partial charge in [0, 0.05) is 38.6 Å². The second-order valence-electron chi connectivity index (χ2n) is 6.48. The molecule has 0 radical (unpaired) electrons. The lowest BCUT2D eigenvalue weighted by Crippen LogP contribution is -2.63. The average Bonchev–Trinajstić information content (AvgIpc) is 2.42. The minimum Gasteiger partial charge on any atom is -0.381 e. The molecule has 1 spiro atoms. The predicted molar refractivity (Wildman–Crippen MR) is 71.6 cm³/mol. The molecule has 1 aliphatic carbocycles. The van der Waals surface area contributed by atoms with Crippen molar-refractivity contribution in [2.24, 2.45) is 11.8 Å². The van der Waals surface area contributed by atoms with Gasteiger partial charge in [0.05, 0.1) is 12.2 Å². The molecule has 2 heterocycles. The number of ether oxygens (including phenoxy) is 2. The van der Waals surface area contributed by atoms with E-state index in [4.69, 9.17) is 9.47 Å². The Morgan fingerprint density at radius 3 is 2.44 bits per heavy atom. The zero-order valence-electron chi connectivity index (χ0n) is 11.6. The third-order valence-electron chi connectivity index (χ3n) is 5.29. The van der Waals surface area contributed by atoms with E-state index in [9.17, 15) is 0 Å². The maximum Gasteiger partial charge on any atom is 0.0881 e. The lowest BCUT2D eigenvalue weighted by molar-refractivity contribution is -0.160. The van der Waals surface area contributed by atoms with Crippen LogP contribution in [-0.4, -0.2) is 38.0 Å². The largest absolute Gasteiger partial charge is 0.381 e. The van der Waals surface area contributed by atoms with Crippen molar-refractivity contribution in [2.75, 3.05) is 26.4 Å². The van der Waals surface area contributed by atoms with E-state index in [1.54, 1.807) is 0 Å². The zero-order valence-corrected chi connectivity index (χ0v) is 11.6. The van der Waals surface area contributed by atoms with Gasteiger partial charge in [0.15, 0.2) is 0 Å². The van der Waals surface area contributed by atoms with Gasteiger partial charge in [-0.1, -0.05) is 19.8 Å². The lowest BCUT2D eigenvalue weighted by Gasteiger charge is -2.50. The molecule has 3 fully saturated rings. The SMILES string of the molecule is CC1CCC(C2NCCOC23CCOCC3)CC1. The van der Waals surface area contributed by atoms with E-state index in [2.05, 4.69) is 12.2 Å². The Balaban J connectivity index is 1.71. The Kier molecular flexibility index (Phi) is 3.92. The molecule has 3 aliphatic rings. The maximum absolute atomic E-state index is 6.26. The smallest absolute Gasteiger partial charge is 0.0881 e. The molecule has 104 valence electrons. The molecular weight excluding hydrogens is 226 g/mol. The van der Waals surface area contributed by atoms with Crippen molar-refractivity contribution in [3.8, 4) is 0 Å². The van der Waals surface area contributed by atoms with Crippen LogP contribution in [0.5, 0.6) is 0 Å². The standard InChI is InChI=1S/C15H27NO2/c1-12-2-4-13(5-3-12)14-15(18-11-8-16-14)6-9-17-10-7-15/h12-14,16H,2-11H2,1H3. The topological polar surface area (TPSA) is 30.5 Å². The summed E-state index contributed by atoms with van der Waals surface area (Å²) >= 11 is 0. The van der Waals surface area contributed by atoms with E-state index in [0.29, 0.717) is 6.04 Å². The highest BCUT2D eigenvalue weighted by Crippen LogP contribution is 2.40. The number of hydrogen-bond acceptors (Lipinski definition) is 3. The third kappa shape index (κ3) is 2.45. The zero-order chi connectivity index (χ0) is 12.4. The fraction of sp³-hybridized carbons (Fsp3) is 1.00. The molecule has 3 rings (SSSR count). The van der Waals surface area contributed by atoms with Crippen LogP contribution in [0, 0.1) is 11.8 Å². The molecule has 0 aromatic heterocycles. The summed E-state index contributed by atoms with van der Waals surface area (Å²) in [6.45, 7) is 6.05. The minimum atomic E-state index is 0.0851. The summed E-state index contributed by atoms with van der Waals surface area (Å²) in [7, 11) is 0. The molecule has 1 atom stereocenters. The average molecular weight is 253 g/mol. The molecule has 1 unspecified atom stereocenters. The van der Waals surface area contributed by atoms with E-state index in [0.717, 1.165) is 51.0 Å². The highest BCUT2D eigenvalue weighted by molar-refractivity contribution is 5.01. The van der Waals surface area contributed by atoms with Crippen LogP contribution in [0.1, 0.15) is 45.4 Å². The fourth-order valence-corrected chi connectivity index (χ4v) is 4.13. The van der Waals surface area contributed by atoms with E-state index >= 15 is 0 Å². The van der Waals surface area contributed by atoms with Gasteiger partial charge < -0.3 is 14.8 Å². The Labute approximate surface area is 111 Å². The summed E-state index contributed by atoms with van der Waals surface area (Å²) < 4.78 is 11.8. The summed E-state index contributed by atoms with van der Waals surface area (Å²) in [6.07, 6.45) is 7.72. The first-order chi connectivity index (χ1) is 8.80. The minimum absolute atomic E-state index is 0.0851. The van der Waals surface area contributed by atoms with Crippen LogP contribution < -0.4 is 5.32 Å². The molecule has 0 bridgehead atoms. The molecule has 18 heavy (non-hydrogen) atoms. The molecule has 3 nitrogen and oxygen atoms in total. The molecule has 2 aliphatic heterocycles. The normalized spacial score (nSPS) is 40.8. The Morgan fingerprint density at radius 1 is 1.00 bits per heavy atom. The fourth-order valence-electron chi connectivity index (χ4n) is 4.13. The van der Waals surface area contributed by atoms with E-state index in [1.165, 1.54) is 25.7 Å². The maximum atomic E-state index is 6.26.